The van der Waals surface area contributed by atoms with Crippen molar-refractivity contribution < 1.29 is 31.8 Å². The van der Waals surface area contributed by atoms with Crippen molar-refractivity contribution in [2.24, 2.45) is 11.0 Å². The van der Waals surface area contributed by atoms with Crippen LogP contribution in [0, 0.1) is 5.92 Å². The number of halogens is 4. The van der Waals surface area contributed by atoms with E-state index in [4.69, 9.17) is 0 Å². The normalized spacial score (nSPS) is 14.6. The summed E-state index contributed by atoms with van der Waals surface area (Å²) in [6.07, 6.45) is 2.67. The standard InChI is InChI=1S/C13H12F4N2O3/c14-12(15)21-9-4-3-8(10(5-9)22-13(16)17)6-18-19-11(20)7-1-2-7/h3-7,12-13H,1-2H2,(H,19,20)/b18-6+. The summed E-state index contributed by atoms with van der Waals surface area (Å²) in [5.74, 6) is -1.04. The Bertz CT molecular complexity index is 562. The Morgan fingerprint density at radius 2 is 1.91 bits per heavy atom. The minimum Gasteiger partial charge on any atom is -0.435 e. The summed E-state index contributed by atoms with van der Waals surface area (Å²) in [4.78, 5) is 11.4. The maximum Gasteiger partial charge on any atom is 0.387 e. The molecule has 0 aliphatic heterocycles. The zero-order valence-electron chi connectivity index (χ0n) is 11.1. The number of benzene rings is 1. The van der Waals surface area contributed by atoms with E-state index in [0.717, 1.165) is 31.2 Å². The van der Waals surface area contributed by atoms with Crippen molar-refractivity contribution in [1.82, 2.24) is 5.43 Å². The number of carbonyl (C=O) groups is 1. The second-order valence-electron chi connectivity index (χ2n) is 4.47. The zero-order valence-corrected chi connectivity index (χ0v) is 11.1. The van der Waals surface area contributed by atoms with E-state index in [1.165, 1.54) is 6.07 Å². The third-order valence-electron chi connectivity index (χ3n) is 2.75. The molecular formula is C13H12F4N2O3. The predicted molar refractivity (Wildman–Crippen MR) is 68.2 cm³/mol. The van der Waals surface area contributed by atoms with Gasteiger partial charge in [-0.1, -0.05) is 0 Å². The molecule has 2 rings (SSSR count). The molecular weight excluding hydrogens is 308 g/mol. The van der Waals surface area contributed by atoms with E-state index < -0.39 is 19.0 Å². The summed E-state index contributed by atoms with van der Waals surface area (Å²) in [5.41, 5.74) is 2.34. The van der Waals surface area contributed by atoms with Crippen molar-refractivity contribution in [1.29, 1.82) is 0 Å². The first kappa shape index (κ1) is 16.1. The van der Waals surface area contributed by atoms with Crippen LogP contribution in [0.1, 0.15) is 18.4 Å². The third-order valence-corrected chi connectivity index (χ3v) is 2.75. The summed E-state index contributed by atoms with van der Waals surface area (Å²) >= 11 is 0. The van der Waals surface area contributed by atoms with Gasteiger partial charge in [-0.3, -0.25) is 4.79 Å². The summed E-state index contributed by atoms with van der Waals surface area (Å²) in [5, 5.41) is 3.62. The lowest BCUT2D eigenvalue weighted by atomic mass is 10.2. The van der Waals surface area contributed by atoms with E-state index in [1.54, 1.807) is 0 Å². The minimum atomic E-state index is -3.14. The summed E-state index contributed by atoms with van der Waals surface area (Å²) in [6, 6.07) is 3.25. The molecule has 22 heavy (non-hydrogen) atoms. The van der Waals surface area contributed by atoms with E-state index in [2.05, 4.69) is 20.0 Å². The Morgan fingerprint density at radius 3 is 2.50 bits per heavy atom. The fourth-order valence-electron chi connectivity index (χ4n) is 1.60. The molecule has 0 unspecified atom stereocenters. The van der Waals surface area contributed by atoms with Gasteiger partial charge in [0.15, 0.2) is 0 Å². The van der Waals surface area contributed by atoms with E-state index in [1.807, 2.05) is 0 Å². The Labute approximate surface area is 122 Å². The average Bonchev–Trinajstić information content (AvgIpc) is 3.24. The van der Waals surface area contributed by atoms with Crippen molar-refractivity contribution in [2.45, 2.75) is 26.1 Å². The molecule has 0 bridgehead atoms. The first-order valence-electron chi connectivity index (χ1n) is 6.32. The van der Waals surface area contributed by atoms with Crippen molar-refractivity contribution in [3.8, 4) is 11.5 Å². The molecule has 1 aliphatic rings. The molecule has 1 N–H and O–H groups in total. The number of nitrogens with zero attached hydrogens (tertiary/aromatic N) is 1. The zero-order chi connectivity index (χ0) is 16.1. The second-order valence-corrected chi connectivity index (χ2v) is 4.47. The van der Waals surface area contributed by atoms with Gasteiger partial charge in [-0.05, 0) is 25.0 Å². The van der Waals surface area contributed by atoms with Gasteiger partial charge in [-0.25, -0.2) is 5.43 Å². The molecule has 0 heterocycles. The number of alkyl halides is 4. The molecule has 1 aromatic carbocycles. The Morgan fingerprint density at radius 1 is 1.23 bits per heavy atom. The number of nitrogens with one attached hydrogen (secondary N) is 1. The van der Waals surface area contributed by atoms with Gasteiger partial charge in [-0.15, -0.1) is 0 Å². The molecule has 0 aromatic heterocycles. The van der Waals surface area contributed by atoms with Gasteiger partial charge in [0.05, 0.1) is 6.21 Å². The fourth-order valence-corrected chi connectivity index (χ4v) is 1.60. The molecule has 1 fully saturated rings. The van der Waals surface area contributed by atoms with Crippen molar-refractivity contribution in [3.05, 3.63) is 23.8 Å². The molecule has 120 valence electrons. The first-order chi connectivity index (χ1) is 10.5. The number of ether oxygens (including phenoxy) is 2. The van der Waals surface area contributed by atoms with Gasteiger partial charge in [-0.2, -0.15) is 22.7 Å². The maximum atomic E-state index is 12.3. The number of carbonyl (C=O) groups excluding carboxylic acids is 1. The molecule has 1 aliphatic carbocycles. The lowest BCUT2D eigenvalue weighted by molar-refractivity contribution is -0.122. The lowest BCUT2D eigenvalue weighted by Gasteiger charge is -2.10. The van der Waals surface area contributed by atoms with Gasteiger partial charge in [0.25, 0.3) is 0 Å². The highest BCUT2D eigenvalue weighted by atomic mass is 19.3. The highest BCUT2D eigenvalue weighted by Crippen LogP contribution is 2.29. The van der Waals surface area contributed by atoms with E-state index in [0.29, 0.717) is 0 Å². The van der Waals surface area contributed by atoms with Gasteiger partial charge in [0.1, 0.15) is 11.5 Å². The molecule has 0 radical (unpaired) electrons. The molecule has 0 saturated heterocycles. The molecule has 0 spiro atoms. The summed E-state index contributed by atoms with van der Waals surface area (Å²) in [7, 11) is 0. The van der Waals surface area contributed by atoms with Crippen LogP contribution in [0.15, 0.2) is 23.3 Å². The highest BCUT2D eigenvalue weighted by Gasteiger charge is 2.29. The van der Waals surface area contributed by atoms with Crippen LogP contribution >= 0.6 is 0 Å². The van der Waals surface area contributed by atoms with Crippen LogP contribution in [0.4, 0.5) is 17.6 Å². The van der Waals surface area contributed by atoms with E-state index in [9.17, 15) is 22.4 Å². The van der Waals surface area contributed by atoms with Crippen LogP contribution in [0.3, 0.4) is 0 Å². The van der Waals surface area contributed by atoms with Crippen LogP contribution in [-0.2, 0) is 4.79 Å². The van der Waals surface area contributed by atoms with Crippen LogP contribution in [0.25, 0.3) is 0 Å². The Balaban J connectivity index is 2.09. The highest BCUT2D eigenvalue weighted by molar-refractivity contribution is 5.86. The van der Waals surface area contributed by atoms with Crippen LogP contribution < -0.4 is 14.9 Å². The van der Waals surface area contributed by atoms with Crippen molar-refractivity contribution >= 4 is 12.1 Å². The number of amides is 1. The molecule has 5 nitrogen and oxygen atoms in total. The van der Waals surface area contributed by atoms with Crippen LogP contribution in [0.2, 0.25) is 0 Å². The molecule has 1 aromatic rings. The molecule has 1 saturated carbocycles. The minimum absolute atomic E-state index is 0.0595. The summed E-state index contributed by atoms with van der Waals surface area (Å²) < 4.78 is 57.2. The van der Waals surface area contributed by atoms with Crippen molar-refractivity contribution in [3.63, 3.8) is 0 Å². The number of hydrogen-bond acceptors (Lipinski definition) is 4. The number of rotatable bonds is 7. The quantitative estimate of drug-likeness (QED) is 0.477. The second kappa shape index (κ2) is 7.10. The van der Waals surface area contributed by atoms with Gasteiger partial charge < -0.3 is 9.47 Å². The van der Waals surface area contributed by atoms with Gasteiger partial charge in [0, 0.05) is 17.5 Å². The van der Waals surface area contributed by atoms with Gasteiger partial charge in [0.2, 0.25) is 5.91 Å². The largest absolute Gasteiger partial charge is 0.435 e. The lowest BCUT2D eigenvalue weighted by Crippen LogP contribution is -2.19. The van der Waals surface area contributed by atoms with Gasteiger partial charge >= 0.3 is 13.2 Å². The summed E-state index contributed by atoms with van der Waals surface area (Å²) in [6.45, 7) is -6.23. The van der Waals surface area contributed by atoms with E-state index in [-0.39, 0.29) is 23.1 Å². The van der Waals surface area contributed by atoms with Crippen LogP contribution in [-0.4, -0.2) is 25.3 Å². The topological polar surface area (TPSA) is 59.9 Å². The monoisotopic (exact) mass is 320 g/mol. The first-order valence-corrected chi connectivity index (χ1v) is 6.32. The molecule has 1 amide bonds. The average molecular weight is 320 g/mol. The number of hydrogen-bond donors (Lipinski definition) is 1. The maximum absolute atomic E-state index is 12.3. The Kier molecular flexibility index (Phi) is 5.18. The van der Waals surface area contributed by atoms with Crippen molar-refractivity contribution in [2.75, 3.05) is 0 Å². The smallest absolute Gasteiger partial charge is 0.387 e. The van der Waals surface area contributed by atoms with E-state index >= 15 is 0 Å². The van der Waals surface area contributed by atoms with Crippen LogP contribution in [0.5, 0.6) is 11.5 Å². The fraction of sp³-hybridized carbons (Fsp3) is 0.385. The predicted octanol–water partition coefficient (Wildman–Crippen LogP) is 2.75. The third kappa shape index (κ3) is 4.90. The Hall–Kier alpha value is -2.32. The SMILES string of the molecule is O=C(N/N=C/c1ccc(OC(F)F)cc1OC(F)F)C1CC1. The number of hydrazone groups is 1. The molecule has 0 atom stereocenters. The molecule has 9 heteroatoms.